The first-order valence-electron chi connectivity index (χ1n) is 9.21. The molecule has 6 nitrogen and oxygen atoms in total. The Morgan fingerprint density at radius 1 is 1.10 bits per heavy atom. The number of carbonyl (C=O) groups excluding carboxylic acids is 1. The molecule has 1 amide bonds. The Morgan fingerprint density at radius 2 is 1.76 bits per heavy atom. The second-order valence-electron chi connectivity index (χ2n) is 6.98. The minimum Gasteiger partial charge on any atom is -0.366 e. The largest absolute Gasteiger partial charge is 0.366 e. The van der Waals surface area contributed by atoms with Gasteiger partial charge in [-0.3, -0.25) is 9.10 Å². The van der Waals surface area contributed by atoms with Gasteiger partial charge in [0.05, 0.1) is 17.6 Å². The van der Waals surface area contributed by atoms with Crippen LogP contribution in [0.3, 0.4) is 0 Å². The first-order chi connectivity index (χ1) is 13.7. The Labute approximate surface area is 175 Å². The molecule has 0 spiro atoms. The van der Waals surface area contributed by atoms with Crippen LogP contribution in [0.5, 0.6) is 0 Å². The van der Waals surface area contributed by atoms with Crippen LogP contribution in [0.15, 0.2) is 48.5 Å². The van der Waals surface area contributed by atoms with Crippen molar-refractivity contribution in [3.05, 3.63) is 59.4 Å². The number of anilines is 2. The lowest BCUT2D eigenvalue weighted by atomic mass is 10.2. The van der Waals surface area contributed by atoms with Gasteiger partial charge >= 0.3 is 0 Å². The average molecular weight is 440 g/mol. The molecule has 0 unspecified atom stereocenters. The Balaban J connectivity index is 1.75. The molecule has 1 fully saturated rings. The summed E-state index contributed by atoms with van der Waals surface area (Å²) in [7, 11) is -3.71. The van der Waals surface area contributed by atoms with E-state index in [1.807, 2.05) is 4.90 Å². The summed E-state index contributed by atoms with van der Waals surface area (Å²) in [6, 6.07) is 12.0. The summed E-state index contributed by atoms with van der Waals surface area (Å²) in [5.74, 6) is -0.603. The predicted octanol–water partition coefficient (Wildman–Crippen LogP) is 2.98. The van der Waals surface area contributed by atoms with Crippen LogP contribution in [-0.2, 0) is 14.8 Å². The van der Waals surface area contributed by atoms with Gasteiger partial charge in [0, 0.05) is 31.2 Å². The molecule has 1 saturated heterocycles. The zero-order valence-electron chi connectivity index (χ0n) is 16.3. The van der Waals surface area contributed by atoms with Crippen molar-refractivity contribution in [2.24, 2.45) is 0 Å². The molecule has 0 N–H and O–H groups in total. The number of halogens is 2. The molecule has 1 atom stereocenters. The van der Waals surface area contributed by atoms with E-state index < -0.39 is 16.1 Å². The molecule has 1 aliphatic heterocycles. The van der Waals surface area contributed by atoms with Gasteiger partial charge in [0.1, 0.15) is 11.9 Å². The van der Waals surface area contributed by atoms with Crippen molar-refractivity contribution in [2.75, 3.05) is 41.6 Å². The van der Waals surface area contributed by atoms with Gasteiger partial charge in [0.15, 0.2) is 0 Å². The van der Waals surface area contributed by atoms with Crippen LogP contribution >= 0.6 is 11.6 Å². The second-order valence-corrected chi connectivity index (χ2v) is 9.27. The van der Waals surface area contributed by atoms with E-state index in [1.54, 1.807) is 48.2 Å². The van der Waals surface area contributed by atoms with Crippen LogP contribution in [0.4, 0.5) is 15.8 Å². The number of para-hydroxylation sites is 1. The van der Waals surface area contributed by atoms with Gasteiger partial charge in [-0.15, -0.1) is 0 Å². The number of benzene rings is 2. The summed E-state index contributed by atoms with van der Waals surface area (Å²) in [6.07, 6.45) is 1.06. The van der Waals surface area contributed by atoms with Crippen molar-refractivity contribution in [1.82, 2.24) is 4.90 Å². The van der Waals surface area contributed by atoms with E-state index in [4.69, 9.17) is 11.6 Å². The Hall–Kier alpha value is -2.32. The molecule has 29 heavy (non-hydrogen) atoms. The predicted molar refractivity (Wildman–Crippen MR) is 113 cm³/mol. The summed E-state index contributed by atoms with van der Waals surface area (Å²) in [4.78, 5) is 16.5. The SMILES string of the molecule is C[C@@H](C(=O)N1CCN(c2ccccc2F)CC1)N(c1cccc(Cl)c1)S(C)(=O)=O. The maximum absolute atomic E-state index is 14.0. The van der Waals surface area contributed by atoms with E-state index in [0.29, 0.717) is 42.6 Å². The third kappa shape index (κ3) is 4.82. The molecule has 0 aliphatic carbocycles. The molecule has 2 aromatic carbocycles. The summed E-state index contributed by atoms with van der Waals surface area (Å²) in [6.45, 7) is 3.26. The molecule has 0 saturated carbocycles. The number of piperazine rings is 1. The summed E-state index contributed by atoms with van der Waals surface area (Å²) in [5, 5.41) is 0.384. The number of nitrogens with zero attached hydrogens (tertiary/aromatic N) is 3. The Bertz CT molecular complexity index is 994. The molecule has 0 aromatic heterocycles. The number of sulfonamides is 1. The molecule has 3 rings (SSSR count). The lowest BCUT2D eigenvalue weighted by Crippen LogP contribution is -2.55. The number of amides is 1. The quantitative estimate of drug-likeness (QED) is 0.718. The van der Waals surface area contributed by atoms with Crippen molar-refractivity contribution in [3.63, 3.8) is 0 Å². The van der Waals surface area contributed by atoms with Gasteiger partial charge in [-0.05, 0) is 37.3 Å². The smallest absolute Gasteiger partial charge is 0.246 e. The maximum atomic E-state index is 14.0. The highest BCUT2D eigenvalue weighted by Gasteiger charge is 2.33. The highest BCUT2D eigenvalue weighted by atomic mass is 35.5. The van der Waals surface area contributed by atoms with E-state index in [-0.39, 0.29) is 11.7 Å². The molecule has 9 heteroatoms. The molecule has 0 radical (unpaired) electrons. The van der Waals surface area contributed by atoms with Gasteiger partial charge < -0.3 is 9.80 Å². The van der Waals surface area contributed by atoms with Crippen molar-refractivity contribution < 1.29 is 17.6 Å². The number of hydrogen-bond acceptors (Lipinski definition) is 4. The van der Waals surface area contributed by atoms with Crippen LogP contribution in [0, 0.1) is 5.82 Å². The average Bonchev–Trinajstić information content (AvgIpc) is 2.67. The molecular formula is C20H23ClFN3O3S. The van der Waals surface area contributed by atoms with E-state index in [0.717, 1.165) is 10.6 Å². The van der Waals surface area contributed by atoms with Crippen molar-refractivity contribution in [1.29, 1.82) is 0 Å². The zero-order valence-corrected chi connectivity index (χ0v) is 17.8. The Kier molecular flexibility index (Phi) is 6.33. The van der Waals surface area contributed by atoms with Crippen molar-refractivity contribution >= 4 is 38.9 Å². The molecular weight excluding hydrogens is 417 g/mol. The van der Waals surface area contributed by atoms with Crippen LogP contribution in [0.2, 0.25) is 5.02 Å². The van der Waals surface area contributed by atoms with Gasteiger partial charge in [-0.1, -0.05) is 29.8 Å². The highest BCUT2D eigenvalue weighted by Crippen LogP contribution is 2.26. The fraction of sp³-hybridized carbons (Fsp3) is 0.350. The van der Waals surface area contributed by atoms with Gasteiger partial charge in [-0.2, -0.15) is 0 Å². The van der Waals surface area contributed by atoms with Gasteiger partial charge in [-0.25, -0.2) is 12.8 Å². The third-order valence-corrected chi connectivity index (χ3v) is 6.39. The third-order valence-electron chi connectivity index (χ3n) is 4.91. The first-order valence-corrected chi connectivity index (χ1v) is 11.4. The monoisotopic (exact) mass is 439 g/mol. The lowest BCUT2D eigenvalue weighted by Gasteiger charge is -2.39. The van der Waals surface area contributed by atoms with E-state index in [9.17, 15) is 17.6 Å². The van der Waals surface area contributed by atoms with Gasteiger partial charge in [0.25, 0.3) is 0 Å². The van der Waals surface area contributed by atoms with E-state index in [2.05, 4.69) is 0 Å². The zero-order chi connectivity index (χ0) is 21.2. The summed E-state index contributed by atoms with van der Waals surface area (Å²) >= 11 is 6.01. The normalized spacial score (nSPS) is 15.9. The second kappa shape index (κ2) is 8.59. The molecule has 156 valence electrons. The Morgan fingerprint density at radius 3 is 2.34 bits per heavy atom. The van der Waals surface area contributed by atoms with Crippen molar-refractivity contribution in [2.45, 2.75) is 13.0 Å². The molecule has 2 aromatic rings. The van der Waals surface area contributed by atoms with Crippen LogP contribution in [0.1, 0.15) is 6.92 Å². The fourth-order valence-corrected chi connectivity index (χ4v) is 4.90. The van der Waals surface area contributed by atoms with Crippen LogP contribution < -0.4 is 9.21 Å². The highest BCUT2D eigenvalue weighted by molar-refractivity contribution is 7.92. The molecule has 1 aliphatic rings. The van der Waals surface area contributed by atoms with Crippen molar-refractivity contribution in [3.8, 4) is 0 Å². The summed E-state index contributed by atoms with van der Waals surface area (Å²) < 4.78 is 39.9. The molecule has 1 heterocycles. The lowest BCUT2D eigenvalue weighted by molar-refractivity contribution is -0.132. The number of rotatable bonds is 5. The van der Waals surface area contributed by atoms with Gasteiger partial charge in [0.2, 0.25) is 15.9 Å². The van der Waals surface area contributed by atoms with E-state index >= 15 is 0 Å². The first kappa shape index (κ1) is 21.4. The minimum atomic E-state index is -3.71. The van der Waals surface area contributed by atoms with Crippen LogP contribution in [-0.4, -0.2) is 57.7 Å². The summed E-state index contributed by atoms with van der Waals surface area (Å²) in [5.41, 5.74) is 0.843. The topological polar surface area (TPSA) is 60.9 Å². The number of carbonyl (C=O) groups is 1. The molecule has 0 bridgehead atoms. The van der Waals surface area contributed by atoms with Crippen LogP contribution in [0.25, 0.3) is 0 Å². The maximum Gasteiger partial charge on any atom is 0.246 e. The van der Waals surface area contributed by atoms with E-state index in [1.165, 1.54) is 12.1 Å². The fourth-order valence-electron chi connectivity index (χ4n) is 3.56. The minimum absolute atomic E-state index is 0.301. The standard InChI is InChI=1S/C20H23ClFN3O3S/c1-15(25(29(2,27)28)17-7-5-6-16(21)14-17)20(26)24-12-10-23(11-13-24)19-9-4-3-8-18(19)22/h3-9,14-15H,10-13H2,1-2H3/t15-/m0/s1. The number of hydrogen-bond donors (Lipinski definition) is 0.